The molecule has 7 nitrogen and oxygen atoms in total. The Morgan fingerprint density at radius 2 is 2.24 bits per heavy atom. The summed E-state index contributed by atoms with van der Waals surface area (Å²) in [6.07, 6.45) is 0.961. The van der Waals surface area contributed by atoms with Crippen LogP contribution in [0.15, 0.2) is 22.6 Å². The summed E-state index contributed by atoms with van der Waals surface area (Å²) in [7, 11) is 0. The molecule has 0 aliphatic carbocycles. The van der Waals surface area contributed by atoms with Crippen molar-refractivity contribution in [2.45, 2.75) is 26.3 Å². The van der Waals surface area contributed by atoms with E-state index in [-0.39, 0.29) is 23.2 Å². The van der Waals surface area contributed by atoms with Crippen LogP contribution in [0, 0.1) is 15.9 Å². The van der Waals surface area contributed by atoms with Gasteiger partial charge in [-0.25, -0.2) is 4.39 Å². The van der Waals surface area contributed by atoms with Crippen LogP contribution in [0.25, 0.3) is 11.5 Å². The van der Waals surface area contributed by atoms with Crippen LogP contribution >= 0.6 is 0 Å². The zero-order chi connectivity index (χ0) is 15.4. The molecule has 0 saturated heterocycles. The topological polar surface area (TPSA) is 94.1 Å². The first-order valence-corrected chi connectivity index (χ1v) is 6.54. The second-order valence-corrected chi connectivity index (χ2v) is 4.54. The third-order valence-electron chi connectivity index (χ3n) is 2.91. The molecule has 8 heteroatoms. The van der Waals surface area contributed by atoms with E-state index in [2.05, 4.69) is 15.5 Å². The first-order valence-electron chi connectivity index (χ1n) is 6.54. The molecule has 0 aliphatic rings. The lowest BCUT2D eigenvalue weighted by Gasteiger charge is -2.07. The highest BCUT2D eigenvalue weighted by Gasteiger charge is 2.18. The molecule has 0 bridgehead atoms. The van der Waals surface area contributed by atoms with Crippen LogP contribution in [0.1, 0.15) is 32.2 Å². The number of nitro groups is 1. The van der Waals surface area contributed by atoms with Gasteiger partial charge in [0.05, 0.1) is 22.6 Å². The van der Waals surface area contributed by atoms with Crippen molar-refractivity contribution < 1.29 is 13.7 Å². The van der Waals surface area contributed by atoms with Gasteiger partial charge in [-0.3, -0.25) is 10.1 Å². The Labute approximate surface area is 120 Å². The average molecular weight is 294 g/mol. The second-order valence-electron chi connectivity index (χ2n) is 4.54. The van der Waals surface area contributed by atoms with Gasteiger partial charge in [-0.2, -0.15) is 0 Å². The van der Waals surface area contributed by atoms with E-state index in [1.807, 2.05) is 13.8 Å². The van der Waals surface area contributed by atoms with Crippen molar-refractivity contribution >= 4 is 5.69 Å². The molecule has 1 heterocycles. The minimum absolute atomic E-state index is 0.00236. The highest BCUT2D eigenvalue weighted by Crippen LogP contribution is 2.26. The standard InChI is InChI=1S/C13H15FN4O3/c1-3-6-15-8(2)12-16-17-13(21-12)10-5-4-9(18(19)20)7-11(10)14/h4-5,7-8,15H,3,6H2,1-2H3. The molecular formula is C13H15FN4O3. The van der Waals surface area contributed by atoms with Gasteiger partial charge in [0.1, 0.15) is 5.82 Å². The Morgan fingerprint density at radius 1 is 1.48 bits per heavy atom. The van der Waals surface area contributed by atoms with Crippen molar-refractivity contribution in [1.29, 1.82) is 0 Å². The third-order valence-corrected chi connectivity index (χ3v) is 2.91. The van der Waals surface area contributed by atoms with Gasteiger partial charge < -0.3 is 9.73 Å². The number of hydrogen-bond acceptors (Lipinski definition) is 6. The van der Waals surface area contributed by atoms with Crippen LogP contribution < -0.4 is 5.32 Å². The van der Waals surface area contributed by atoms with Gasteiger partial charge >= 0.3 is 0 Å². The van der Waals surface area contributed by atoms with E-state index in [0.29, 0.717) is 5.89 Å². The minimum atomic E-state index is -0.770. The van der Waals surface area contributed by atoms with Crippen LogP contribution in [0.4, 0.5) is 10.1 Å². The molecule has 0 radical (unpaired) electrons. The normalized spacial score (nSPS) is 12.3. The minimum Gasteiger partial charge on any atom is -0.419 e. The maximum atomic E-state index is 13.9. The highest BCUT2D eigenvalue weighted by atomic mass is 19.1. The molecule has 1 N–H and O–H groups in total. The smallest absolute Gasteiger partial charge is 0.272 e. The van der Waals surface area contributed by atoms with Crippen LogP contribution in [0.2, 0.25) is 0 Å². The summed E-state index contributed by atoms with van der Waals surface area (Å²) in [6, 6.07) is 3.14. The number of non-ortho nitro benzene ring substituents is 1. The number of hydrogen-bond donors (Lipinski definition) is 1. The third kappa shape index (κ3) is 3.40. The average Bonchev–Trinajstić information content (AvgIpc) is 2.94. The molecule has 0 saturated carbocycles. The predicted octanol–water partition coefficient (Wildman–Crippen LogP) is 2.84. The number of aromatic nitrogens is 2. The number of rotatable bonds is 6. The zero-order valence-corrected chi connectivity index (χ0v) is 11.7. The molecule has 21 heavy (non-hydrogen) atoms. The Balaban J connectivity index is 2.23. The molecule has 2 rings (SSSR count). The first-order chi connectivity index (χ1) is 10.0. The highest BCUT2D eigenvalue weighted by molar-refractivity contribution is 5.56. The number of halogens is 1. The van der Waals surface area contributed by atoms with Gasteiger partial charge in [-0.05, 0) is 26.0 Å². The van der Waals surface area contributed by atoms with E-state index in [4.69, 9.17) is 4.42 Å². The van der Waals surface area contributed by atoms with Crippen molar-refractivity contribution in [3.63, 3.8) is 0 Å². The van der Waals surface area contributed by atoms with Gasteiger partial charge in [0, 0.05) is 6.07 Å². The SMILES string of the molecule is CCCNC(C)c1nnc(-c2ccc([N+](=O)[O-])cc2F)o1. The van der Waals surface area contributed by atoms with Gasteiger partial charge in [0.2, 0.25) is 5.89 Å². The molecule has 0 spiro atoms. The molecule has 2 aromatic rings. The van der Waals surface area contributed by atoms with E-state index < -0.39 is 10.7 Å². The fourth-order valence-electron chi connectivity index (χ4n) is 1.76. The molecule has 0 fully saturated rings. The Hall–Kier alpha value is -2.35. The number of nitro benzene ring substituents is 1. The van der Waals surface area contributed by atoms with Crippen LogP contribution in [-0.4, -0.2) is 21.7 Å². The monoisotopic (exact) mass is 294 g/mol. The summed E-state index contributed by atoms with van der Waals surface area (Å²) < 4.78 is 19.3. The number of benzene rings is 1. The van der Waals surface area contributed by atoms with Gasteiger partial charge in [0.25, 0.3) is 11.6 Å². The Kier molecular flexibility index (Phi) is 4.59. The van der Waals surface area contributed by atoms with Gasteiger partial charge in [-0.1, -0.05) is 6.92 Å². The molecule has 112 valence electrons. The summed E-state index contributed by atoms with van der Waals surface area (Å²) >= 11 is 0. The fourth-order valence-corrected chi connectivity index (χ4v) is 1.76. The number of nitrogens with zero attached hydrogens (tertiary/aromatic N) is 3. The first kappa shape index (κ1) is 15.0. The van der Waals surface area contributed by atoms with Crippen molar-refractivity contribution in [3.8, 4) is 11.5 Å². The lowest BCUT2D eigenvalue weighted by molar-refractivity contribution is -0.385. The molecule has 0 aliphatic heterocycles. The van der Waals surface area contributed by atoms with Gasteiger partial charge in [0.15, 0.2) is 0 Å². The van der Waals surface area contributed by atoms with Gasteiger partial charge in [-0.15, -0.1) is 10.2 Å². The molecular weight excluding hydrogens is 279 g/mol. The summed E-state index contributed by atoms with van der Waals surface area (Å²) in [5.41, 5.74) is -0.281. The predicted molar refractivity (Wildman–Crippen MR) is 73.1 cm³/mol. The fraction of sp³-hybridized carbons (Fsp3) is 0.385. The summed E-state index contributed by atoms with van der Waals surface area (Å²) in [5.74, 6) is -0.424. The van der Waals surface area contributed by atoms with E-state index in [0.717, 1.165) is 19.0 Å². The molecule has 1 aromatic heterocycles. The van der Waals surface area contributed by atoms with E-state index >= 15 is 0 Å². The van der Waals surface area contributed by atoms with E-state index in [1.54, 1.807) is 0 Å². The van der Waals surface area contributed by atoms with Crippen LogP contribution in [0.3, 0.4) is 0 Å². The second kappa shape index (κ2) is 6.40. The van der Waals surface area contributed by atoms with E-state index in [9.17, 15) is 14.5 Å². The maximum absolute atomic E-state index is 13.9. The van der Waals surface area contributed by atoms with E-state index in [1.165, 1.54) is 12.1 Å². The Morgan fingerprint density at radius 3 is 2.86 bits per heavy atom. The molecule has 1 atom stereocenters. The molecule has 1 aromatic carbocycles. The Bertz CT molecular complexity index is 644. The summed E-state index contributed by atoms with van der Waals surface area (Å²) in [4.78, 5) is 9.91. The number of nitrogens with one attached hydrogen (secondary N) is 1. The van der Waals surface area contributed by atoms with Crippen LogP contribution in [0.5, 0.6) is 0 Å². The van der Waals surface area contributed by atoms with Crippen LogP contribution in [-0.2, 0) is 0 Å². The van der Waals surface area contributed by atoms with Crippen molar-refractivity contribution in [3.05, 3.63) is 40.0 Å². The lowest BCUT2D eigenvalue weighted by Crippen LogP contribution is -2.19. The van der Waals surface area contributed by atoms with Crippen molar-refractivity contribution in [1.82, 2.24) is 15.5 Å². The molecule has 1 unspecified atom stereocenters. The largest absolute Gasteiger partial charge is 0.419 e. The molecule has 0 amide bonds. The zero-order valence-electron chi connectivity index (χ0n) is 11.7. The summed E-state index contributed by atoms with van der Waals surface area (Å²) in [6.45, 7) is 4.69. The quantitative estimate of drug-likeness (QED) is 0.650. The van der Waals surface area contributed by atoms with Crippen molar-refractivity contribution in [2.75, 3.05) is 6.54 Å². The summed E-state index contributed by atoms with van der Waals surface area (Å²) in [5, 5.41) is 21.4. The van der Waals surface area contributed by atoms with Crippen molar-refractivity contribution in [2.24, 2.45) is 0 Å². The lowest BCUT2D eigenvalue weighted by atomic mass is 10.2. The maximum Gasteiger partial charge on any atom is 0.272 e.